The Labute approximate surface area is 138 Å². The number of hydrogen-bond donors (Lipinski definition) is 1. The molecular weight excluding hydrogens is 379 g/mol. The van der Waals surface area contributed by atoms with Crippen LogP contribution in [0.25, 0.3) is 23.0 Å². The molecule has 3 aromatic rings. The fourth-order valence-electron chi connectivity index (χ4n) is 1.76. The van der Waals surface area contributed by atoms with Crippen LogP contribution in [-0.4, -0.2) is 15.1 Å². The number of anilines is 1. The van der Waals surface area contributed by atoms with Crippen molar-refractivity contribution in [2.24, 2.45) is 0 Å². The minimum Gasteiger partial charge on any atom is -0.397 e. The summed E-state index contributed by atoms with van der Waals surface area (Å²) in [5, 5.41) is 4.65. The molecule has 0 aliphatic heterocycles. The van der Waals surface area contributed by atoms with Crippen molar-refractivity contribution in [1.82, 2.24) is 15.1 Å². The zero-order valence-corrected chi connectivity index (χ0v) is 13.4. The van der Waals surface area contributed by atoms with Crippen LogP contribution in [0.2, 0.25) is 10.0 Å². The first-order valence-electron chi connectivity index (χ1n) is 5.76. The number of rotatable bonds is 2. The number of nitrogen functional groups attached to an aromatic ring is 1. The number of pyridine rings is 1. The maximum Gasteiger partial charge on any atom is 0.261 e. The van der Waals surface area contributed by atoms with Crippen LogP contribution in [0.1, 0.15) is 0 Å². The van der Waals surface area contributed by atoms with Crippen LogP contribution in [0.5, 0.6) is 0 Å². The smallest absolute Gasteiger partial charge is 0.261 e. The number of nitrogens with two attached hydrogens (primary N) is 1. The molecule has 1 aromatic carbocycles. The average molecular weight is 386 g/mol. The Balaban J connectivity index is 2.12. The summed E-state index contributed by atoms with van der Waals surface area (Å²) < 4.78 is 5.98. The second kappa shape index (κ2) is 5.63. The minimum atomic E-state index is 0.188. The van der Waals surface area contributed by atoms with Crippen molar-refractivity contribution >= 4 is 44.8 Å². The molecule has 0 atom stereocenters. The molecular formula is C13H7BrCl2N4O. The van der Waals surface area contributed by atoms with E-state index in [1.54, 1.807) is 24.4 Å². The molecule has 2 N–H and O–H groups in total. The molecule has 2 aromatic heterocycles. The molecule has 0 bridgehead atoms. The molecule has 0 spiro atoms. The van der Waals surface area contributed by atoms with E-state index in [2.05, 4.69) is 31.1 Å². The van der Waals surface area contributed by atoms with Gasteiger partial charge in [0.15, 0.2) is 0 Å². The van der Waals surface area contributed by atoms with Gasteiger partial charge in [0.25, 0.3) is 5.89 Å². The Bertz CT molecular complexity index is 822. The molecule has 0 aliphatic rings. The molecule has 0 unspecified atom stereocenters. The molecule has 3 rings (SSSR count). The Morgan fingerprint density at radius 2 is 1.90 bits per heavy atom. The molecule has 106 valence electrons. The number of benzene rings is 1. The van der Waals surface area contributed by atoms with Gasteiger partial charge in [0.05, 0.1) is 21.3 Å². The van der Waals surface area contributed by atoms with E-state index in [1.807, 2.05) is 6.07 Å². The monoisotopic (exact) mass is 384 g/mol. The van der Waals surface area contributed by atoms with E-state index in [4.69, 9.17) is 33.5 Å². The van der Waals surface area contributed by atoms with Gasteiger partial charge in [-0.2, -0.15) is 4.98 Å². The van der Waals surface area contributed by atoms with Crippen LogP contribution in [-0.2, 0) is 0 Å². The van der Waals surface area contributed by atoms with Gasteiger partial charge in [-0.25, -0.2) is 0 Å². The number of hydrogen-bond acceptors (Lipinski definition) is 5. The van der Waals surface area contributed by atoms with Crippen LogP contribution in [0, 0.1) is 0 Å². The summed E-state index contributed by atoms with van der Waals surface area (Å²) in [7, 11) is 0. The fourth-order valence-corrected chi connectivity index (χ4v) is 2.59. The van der Waals surface area contributed by atoms with Crippen molar-refractivity contribution in [3.8, 4) is 23.0 Å². The van der Waals surface area contributed by atoms with E-state index in [0.717, 1.165) is 4.47 Å². The van der Waals surface area contributed by atoms with E-state index in [0.29, 0.717) is 32.8 Å². The molecule has 8 heteroatoms. The molecule has 0 saturated heterocycles. The Hall–Kier alpha value is -1.63. The molecule has 0 saturated carbocycles. The third-order valence-corrected chi connectivity index (χ3v) is 4.04. The lowest BCUT2D eigenvalue weighted by Crippen LogP contribution is -1.93. The summed E-state index contributed by atoms with van der Waals surface area (Å²) in [5.41, 5.74) is 7.19. The van der Waals surface area contributed by atoms with E-state index in [9.17, 15) is 0 Å². The van der Waals surface area contributed by atoms with E-state index in [1.165, 1.54) is 0 Å². The maximum absolute atomic E-state index is 6.13. The van der Waals surface area contributed by atoms with Crippen molar-refractivity contribution in [2.45, 2.75) is 0 Å². The first-order chi connectivity index (χ1) is 10.1. The van der Waals surface area contributed by atoms with Gasteiger partial charge in [-0.1, -0.05) is 28.4 Å². The summed E-state index contributed by atoms with van der Waals surface area (Å²) >= 11 is 15.5. The van der Waals surface area contributed by atoms with Crippen LogP contribution >= 0.6 is 39.1 Å². The van der Waals surface area contributed by atoms with Crippen LogP contribution in [0.15, 0.2) is 39.5 Å². The van der Waals surface area contributed by atoms with Crippen molar-refractivity contribution in [1.29, 1.82) is 0 Å². The van der Waals surface area contributed by atoms with E-state index < -0.39 is 0 Å². The van der Waals surface area contributed by atoms with Crippen molar-refractivity contribution in [3.05, 3.63) is 45.0 Å². The van der Waals surface area contributed by atoms with Gasteiger partial charge in [-0.05, 0) is 40.2 Å². The van der Waals surface area contributed by atoms with Gasteiger partial charge in [-0.15, -0.1) is 0 Å². The molecule has 5 nitrogen and oxygen atoms in total. The zero-order chi connectivity index (χ0) is 15.0. The topological polar surface area (TPSA) is 77.8 Å². The standard InChI is InChI=1S/C13H7BrCl2N4O/c14-6-2-1-5-18-11(6)12-19-13(21-20-12)9-7(15)3-4-8(16)10(9)17/h1-5H,17H2. The van der Waals surface area contributed by atoms with Crippen LogP contribution in [0.3, 0.4) is 0 Å². The maximum atomic E-state index is 6.13. The highest BCUT2D eigenvalue weighted by atomic mass is 79.9. The Kier molecular flexibility index (Phi) is 3.84. The largest absolute Gasteiger partial charge is 0.397 e. The lowest BCUT2D eigenvalue weighted by atomic mass is 10.2. The third kappa shape index (κ3) is 2.62. The second-order valence-electron chi connectivity index (χ2n) is 4.07. The van der Waals surface area contributed by atoms with E-state index >= 15 is 0 Å². The average Bonchev–Trinajstić information content (AvgIpc) is 2.93. The van der Waals surface area contributed by atoms with Gasteiger partial charge in [-0.3, -0.25) is 4.98 Å². The molecule has 0 fully saturated rings. The number of halogens is 3. The van der Waals surface area contributed by atoms with Gasteiger partial charge in [0.1, 0.15) is 5.69 Å². The number of nitrogens with zero attached hydrogens (tertiary/aromatic N) is 3. The fraction of sp³-hybridized carbons (Fsp3) is 0. The molecule has 0 amide bonds. The quantitative estimate of drug-likeness (QED) is 0.659. The Morgan fingerprint density at radius 3 is 2.67 bits per heavy atom. The van der Waals surface area contributed by atoms with Gasteiger partial charge >= 0.3 is 0 Å². The first-order valence-corrected chi connectivity index (χ1v) is 7.31. The Morgan fingerprint density at radius 1 is 1.14 bits per heavy atom. The van der Waals surface area contributed by atoms with Crippen molar-refractivity contribution in [3.63, 3.8) is 0 Å². The molecule has 0 radical (unpaired) electrons. The van der Waals surface area contributed by atoms with E-state index in [-0.39, 0.29) is 5.89 Å². The second-order valence-corrected chi connectivity index (χ2v) is 5.74. The predicted octanol–water partition coefficient (Wildman–Crippen LogP) is 4.45. The van der Waals surface area contributed by atoms with Crippen LogP contribution in [0.4, 0.5) is 5.69 Å². The summed E-state index contributed by atoms with van der Waals surface area (Å²) in [6.45, 7) is 0. The van der Waals surface area contributed by atoms with Crippen LogP contribution < -0.4 is 5.73 Å². The zero-order valence-electron chi connectivity index (χ0n) is 10.3. The first kappa shape index (κ1) is 14.3. The lowest BCUT2D eigenvalue weighted by Gasteiger charge is -2.04. The third-order valence-electron chi connectivity index (χ3n) is 2.75. The normalized spacial score (nSPS) is 10.8. The van der Waals surface area contributed by atoms with Gasteiger partial charge in [0, 0.05) is 10.7 Å². The summed E-state index contributed by atoms with van der Waals surface area (Å²) in [6.07, 6.45) is 1.64. The number of aromatic nitrogens is 3. The molecule has 2 heterocycles. The van der Waals surface area contributed by atoms with Gasteiger partial charge in [0.2, 0.25) is 5.82 Å². The highest BCUT2D eigenvalue weighted by molar-refractivity contribution is 9.10. The summed E-state index contributed by atoms with van der Waals surface area (Å²) in [5.74, 6) is 0.514. The highest BCUT2D eigenvalue weighted by Gasteiger charge is 2.19. The summed E-state index contributed by atoms with van der Waals surface area (Å²) in [6, 6.07) is 6.85. The summed E-state index contributed by atoms with van der Waals surface area (Å²) in [4.78, 5) is 8.48. The van der Waals surface area contributed by atoms with Crippen molar-refractivity contribution in [2.75, 3.05) is 5.73 Å². The molecule has 21 heavy (non-hydrogen) atoms. The van der Waals surface area contributed by atoms with Gasteiger partial charge < -0.3 is 10.3 Å². The SMILES string of the molecule is Nc1c(Cl)ccc(Cl)c1-c1nc(-c2ncccc2Br)no1. The van der Waals surface area contributed by atoms with Crippen molar-refractivity contribution < 1.29 is 4.52 Å². The lowest BCUT2D eigenvalue weighted by molar-refractivity contribution is 0.432. The molecule has 0 aliphatic carbocycles. The minimum absolute atomic E-state index is 0.188. The highest BCUT2D eigenvalue weighted by Crippen LogP contribution is 2.37. The predicted molar refractivity (Wildman–Crippen MR) is 85.1 cm³/mol.